The Hall–Kier alpha value is -3.72. The van der Waals surface area contributed by atoms with Crippen molar-refractivity contribution in [2.24, 2.45) is 0 Å². The summed E-state index contributed by atoms with van der Waals surface area (Å²) in [6, 6.07) is 25.8. The maximum absolute atomic E-state index is 13.2. The zero-order valence-corrected chi connectivity index (χ0v) is 25.2. The number of carbonyl (C=O) groups is 1. The van der Waals surface area contributed by atoms with Gasteiger partial charge in [0.05, 0.1) is 10.6 Å². The zero-order valence-electron chi connectivity index (χ0n) is 24.4. The topological polar surface area (TPSA) is 70.6 Å². The van der Waals surface area contributed by atoms with E-state index in [0.717, 1.165) is 63.7 Å². The van der Waals surface area contributed by atoms with Crippen molar-refractivity contribution in [1.82, 2.24) is 14.8 Å². The molecule has 0 atom stereocenters. The molecule has 0 spiro atoms. The van der Waals surface area contributed by atoms with E-state index in [0.29, 0.717) is 12.8 Å². The molecule has 4 aromatic rings. The van der Waals surface area contributed by atoms with E-state index in [1.54, 1.807) is 24.5 Å². The van der Waals surface area contributed by atoms with Gasteiger partial charge in [-0.05, 0) is 84.9 Å². The third-order valence-electron chi connectivity index (χ3n) is 8.04. The molecule has 3 aromatic carbocycles. The van der Waals surface area contributed by atoms with Crippen molar-refractivity contribution in [3.05, 3.63) is 131 Å². The Morgan fingerprint density at radius 3 is 2.02 bits per heavy atom. The molecular formula is C35H38FN3O3S. The highest BCUT2D eigenvalue weighted by Crippen LogP contribution is 2.23. The van der Waals surface area contributed by atoms with Gasteiger partial charge in [0.25, 0.3) is 0 Å². The van der Waals surface area contributed by atoms with Crippen molar-refractivity contribution in [3.63, 3.8) is 0 Å². The number of hydrogen-bond donors (Lipinski definition) is 0. The summed E-state index contributed by atoms with van der Waals surface area (Å²) in [5, 5.41) is 0. The molecule has 3 heterocycles. The standard InChI is InChI=1S/C18H20FNO2S.C17H18N2O/c19-17-7-3-8-18(13-17)23(21,22)12-4-10-20-11-9-15-5-1-2-6-16(15)14-20;20-17(14-7-9-18-10-8-14)6-3-11-19-12-15-4-1-2-5-16(15)13-19/h1-3,5-8,13H,4,9-12,14H2;1-2,4-5,7-10H,3,6,11-13H2. The van der Waals surface area contributed by atoms with Crippen molar-refractivity contribution in [2.45, 2.75) is 50.2 Å². The first-order valence-corrected chi connectivity index (χ1v) is 16.5. The van der Waals surface area contributed by atoms with Gasteiger partial charge in [-0.2, -0.15) is 0 Å². The smallest absolute Gasteiger partial charge is 0.178 e. The molecule has 1 aromatic heterocycles. The number of hydrogen-bond acceptors (Lipinski definition) is 6. The number of carbonyl (C=O) groups excluding carboxylic acids is 1. The number of halogens is 1. The van der Waals surface area contributed by atoms with Crippen LogP contribution in [0.3, 0.4) is 0 Å². The van der Waals surface area contributed by atoms with Gasteiger partial charge in [-0.1, -0.05) is 54.6 Å². The summed E-state index contributed by atoms with van der Waals surface area (Å²) in [5.74, 6) is -0.253. The maximum atomic E-state index is 13.2. The lowest BCUT2D eigenvalue weighted by Gasteiger charge is -2.28. The monoisotopic (exact) mass is 599 g/mol. The van der Waals surface area contributed by atoms with E-state index in [1.165, 1.54) is 40.5 Å². The molecule has 8 heteroatoms. The molecule has 0 unspecified atom stereocenters. The molecule has 224 valence electrons. The number of aromatic nitrogens is 1. The molecule has 0 saturated carbocycles. The highest BCUT2D eigenvalue weighted by Gasteiger charge is 2.19. The molecule has 0 saturated heterocycles. The molecule has 0 bridgehead atoms. The number of fused-ring (bicyclic) bond motifs is 2. The summed E-state index contributed by atoms with van der Waals surface area (Å²) in [6.45, 7) is 5.57. The number of Topliss-reactive ketones (excluding diaryl/α,β-unsaturated/α-hetero) is 1. The summed E-state index contributed by atoms with van der Waals surface area (Å²) in [5.41, 5.74) is 6.33. The number of nitrogens with zero attached hydrogens (tertiary/aromatic N) is 3. The molecule has 0 amide bonds. The molecular weight excluding hydrogens is 561 g/mol. The normalized spacial score (nSPS) is 14.8. The Morgan fingerprint density at radius 2 is 1.35 bits per heavy atom. The molecule has 0 radical (unpaired) electrons. The second-order valence-electron chi connectivity index (χ2n) is 11.2. The zero-order chi connectivity index (χ0) is 30.1. The molecule has 0 fully saturated rings. The second-order valence-corrected chi connectivity index (χ2v) is 13.3. The van der Waals surface area contributed by atoms with Crippen LogP contribution in [0.5, 0.6) is 0 Å². The fraction of sp³-hybridized carbons (Fsp3) is 0.314. The first-order valence-electron chi connectivity index (χ1n) is 14.9. The van der Waals surface area contributed by atoms with Gasteiger partial charge in [0.2, 0.25) is 0 Å². The Kier molecular flexibility index (Phi) is 10.5. The van der Waals surface area contributed by atoms with Crippen LogP contribution in [0.15, 0.2) is 102 Å². The van der Waals surface area contributed by atoms with Crippen molar-refractivity contribution in [2.75, 3.05) is 25.4 Å². The van der Waals surface area contributed by atoms with Gasteiger partial charge in [0, 0.05) is 50.6 Å². The molecule has 2 aliphatic heterocycles. The van der Waals surface area contributed by atoms with Crippen molar-refractivity contribution >= 4 is 15.6 Å². The predicted molar refractivity (Wildman–Crippen MR) is 167 cm³/mol. The van der Waals surface area contributed by atoms with Crippen LogP contribution in [0.1, 0.15) is 51.9 Å². The Morgan fingerprint density at radius 1 is 0.744 bits per heavy atom. The minimum atomic E-state index is -3.41. The van der Waals surface area contributed by atoms with Crippen molar-refractivity contribution in [3.8, 4) is 0 Å². The van der Waals surface area contributed by atoms with Crippen molar-refractivity contribution in [1.29, 1.82) is 0 Å². The van der Waals surface area contributed by atoms with E-state index in [-0.39, 0.29) is 16.4 Å². The number of benzene rings is 3. The first kappa shape index (κ1) is 30.7. The van der Waals surface area contributed by atoms with Gasteiger partial charge in [-0.25, -0.2) is 12.8 Å². The Labute approximate surface area is 254 Å². The van der Waals surface area contributed by atoms with E-state index in [1.807, 2.05) is 6.07 Å². The first-order chi connectivity index (χ1) is 20.9. The van der Waals surface area contributed by atoms with Gasteiger partial charge in [0.1, 0.15) is 5.82 Å². The Bertz CT molecular complexity index is 1600. The number of rotatable bonds is 10. The number of pyridine rings is 1. The summed E-state index contributed by atoms with van der Waals surface area (Å²) in [7, 11) is -3.41. The Balaban J connectivity index is 0.000000173. The van der Waals surface area contributed by atoms with E-state index >= 15 is 0 Å². The number of ketones is 1. The van der Waals surface area contributed by atoms with E-state index in [9.17, 15) is 17.6 Å². The fourth-order valence-corrected chi connectivity index (χ4v) is 7.03. The van der Waals surface area contributed by atoms with E-state index < -0.39 is 15.7 Å². The van der Waals surface area contributed by atoms with Gasteiger partial charge >= 0.3 is 0 Å². The van der Waals surface area contributed by atoms with E-state index in [2.05, 4.69) is 57.2 Å². The van der Waals surface area contributed by atoms with Gasteiger partial charge in [-0.15, -0.1) is 0 Å². The van der Waals surface area contributed by atoms with E-state index in [4.69, 9.17) is 0 Å². The van der Waals surface area contributed by atoms with Crippen LogP contribution in [0, 0.1) is 5.82 Å². The van der Waals surface area contributed by atoms with Crippen LogP contribution < -0.4 is 0 Å². The molecule has 2 aliphatic rings. The fourth-order valence-electron chi connectivity index (χ4n) is 5.71. The van der Waals surface area contributed by atoms with Gasteiger partial charge in [0.15, 0.2) is 15.6 Å². The average molecular weight is 600 g/mol. The van der Waals surface area contributed by atoms with Crippen LogP contribution in [0.25, 0.3) is 0 Å². The lowest BCUT2D eigenvalue weighted by atomic mass is 10.00. The number of sulfone groups is 1. The third kappa shape index (κ3) is 8.66. The average Bonchev–Trinajstić information content (AvgIpc) is 3.44. The molecule has 0 N–H and O–H groups in total. The molecule has 43 heavy (non-hydrogen) atoms. The lowest BCUT2D eigenvalue weighted by molar-refractivity contribution is 0.0974. The minimum absolute atomic E-state index is 0.0502. The van der Waals surface area contributed by atoms with Crippen LogP contribution in [0.4, 0.5) is 4.39 Å². The van der Waals surface area contributed by atoms with Gasteiger partial charge in [-0.3, -0.25) is 19.6 Å². The molecule has 6 nitrogen and oxygen atoms in total. The van der Waals surface area contributed by atoms with Gasteiger partial charge < -0.3 is 0 Å². The van der Waals surface area contributed by atoms with Crippen LogP contribution in [-0.4, -0.2) is 54.4 Å². The van der Waals surface area contributed by atoms with Crippen molar-refractivity contribution < 1.29 is 17.6 Å². The van der Waals surface area contributed by atoms with Crippen LogP contribution in [-0.2, 0) is 35.9 Å². The third-order valence-corrected chi connectivity index (χ3v) is 9.84. The maximum Gasteiger partial charge on any atom is 0.178 e. The summed E-state index contributed by atoms with van der Waals surface area (Å²) in [6.07, 6.45) is 6.43. The van der Waals surface area contributed by atoms with Crippen LogP contribution in [0.2, 0.25) is 0 Å². The lowest BCUT2D eigenvalue weighted by Crippen LogP contribution is -2.32. The largest absolute Gasteiger partial charge is 0.299 e. The second kappa shape index (κ2) is 14.6. The SMILES string of the molecule is O=C(CCCN1Cc2ccccc2C1)c1ccncc1.O=S(=O)(CCCN1CCc2ccccc2C1)c1cccc(F)c1. The predicted octanol–water partition coefficient (Wildman–Crippen LogP) is 6.11. The van der Waals surface area contributed by atoms with Crippen LogP contribution >= 0.6 is 0 Å². The summed E-state index contributed by atoms with van der Waals surface area (Å²) in [4.78, 5) is 20.7. The molecule has 6 rings (SSSR count). The quantitative estimate of drug-likeness (QED) is 0.205. The highest BCUT2D eigenvalue weighted by molar-refractivity contribution is 7.91. The molecule has 0 aliphatic carbocycles. The summed E-state index contributed by atoms with van der Waals surface area (Å²) < 4.78 is 37.7. The highest BCUT2D eigenvalue weighted by atomic mass is 32.2. The minimum Gasteiger partial charge on any atom is -0.299 e. The summed E-state index contributed by atoms with van der Waals surface area (Å²) >= 11 is 0.